The molecule has 1 saturated heterocycles. The average molecular weight is 482 g/mol. The molecule has 3 unspecified atom stereocenters. The summed E-state index contributed by atoms with van der Waals surface area (Å²) in [5.41, 5.74) is 3.21. The summed E-state index contributed by atoms with van der Waals surface area (Å²) in [6, 6.07) is 0. The zero-order valence-electron chi connectivity index (χ0n) is 20.8. The van der Waals surface area contributed by atoms with E-state index in [1.54, 1.807) is 18.7 Å². The number of hydrogen-bond donors (Lipinski definition) is 0. The lowest BCUT2D eigenvalue weighted by Crippen LogP contribution is -2.37. The van der Waals surface area contributed by atoms with E-state index in [9.17, 15) is 0 Å². The molecule has 5 rings (SSSR count). The zero-order valence-corrected chi connectivity index (χ0v) is 21.5. The SMILES string of the molecule is CC1CC(c2nncn2C)=CC=C1N(C)CCC1CC1(C)C1CCN(c2ncc(Cl)cn2)CC1. The highest BCUT2D eigenvalue weighted by molar-refractivity contribution is 6.30. The molecule has 0 amide bonds. The lowest BCUT2D eigenvalue weighted by Gasteiger charge is -2.36. The van der Waals surface area contributed by atoms with Gasteiger partial charge in [-0.25, -0.2) is 9.97 Å². The molecule has 182 valence electrons. The van der Waals surface area contributed by atoms with Crippen LogP contribution in [0.5, 0.6) is 0 Å². The van der Waals surface area contributed by atoms with Crippen LogP contribution in [0.25, 0.3) is 5.57 Å². The van der Waals surface area contributed by atoms with E-state index in [0.717, 1.165) is 49.7 Å². The molecule has 0 aromatic carbocycles. The molecule has 0 radical (unpaired) electrons. The second kappa shape index (κ2) is 9.33. The molecule has 34 heavy (non-hydrogen) atoms. The summed E-state index contributed by atoms with van der Waals surface area (Å²) in [5, 5.41) is 8.91. The zero-order chi connectivity index (χ0) is 23.9. The predicted octanol–water partition coefficient (Wildman–Crippen LogP) is 4.83. The third-order valence-electron chi connectivity index (χ3n) is 8.51. The van der Waals surface area contributed by atoms with Gasteiger partial charge in [-0.2, -0.15) is 0 Å². The van der Waals surface area contributed by atoms with Gasteiger partial charge in [-0.05, 0) is 61.0 Å². The molecule has 2 aromatic rings. The van der Waals surface area contributed by atoms with Crippen molar-refractivity contribution in [3.8, 4) is 0 Å². The average Bonchev–Trinajstić information content (AvgIpc) is 3.31. The summed E-state index contributed by atoms with van der Waals surface area (Å²) < 4.78 is 2.00. The van der Waals surface area contributed by atoms with Crippen LogP contribution in [0.3, 0.4) is 0 Å². The van der Waals surface area contributed by atoms with Crippen molar-refractivity contribution < 1.29 is 0 Å². The smallest absolute Gasteiger partial charge is 0.225 e. The van der Waals surface area contributed by atoms with Crippen LogP contribution in [0.2, 0.25) is 5.02 Å². The van der Waals surface area contributed by atoms with Crippen LogP contribution < -0.4 is 4.90 Å². The molecule has 0 bridgehead atoms. The van der Waals surface area contributed by atoms with E-state index in [-0.39, 0.29) is 0 Å². The minimum Gasteiger partial charge on any atom is -0.378 e. The highest BCUT2D eigenvalue weighted by atomic mass is 35.5. The number of aromatic nitrogens is 5. The van der Waals surface area contributed by atoms with Crippen LogP contribution in [-0.2, 0) is 7.05 Å². The van der Waals surface area contributed by atoms with Crippen LogP contribution in [-0.4, -0.2) is 56.3 Å². The summed E-state index contributed by atoms with van der Waals surface area (Å²) in [7, 11) is 4.27. The van der Waals surface area contributed by atoms with Crippen LogP contribution in [0, 0.1) is 23.2 Å². The van der Waals surface area contributed by atoms with E-state index >= 15 is 0 Å². The van der Waals surface area contributed by atoms with Crippen molar-refractivity contribution in [3.63, 3.8) is 0 Å². The highest BCUT2D eigenvalue weighted by Crippen LogP contribution is 2.61. The molecule has 3 aliphatic rings. The summed E-state index contributed by atoms with van der Waals surface area (Å²) in [5.74, 6) is 3.92. The minimum atomic E-state index is 0.492. The Morgan fingerprint density at radius 1 is 1.18 bits per heavy atom. The van der Waals surface area contributed by atoms with Crippen molar-refractivity contribution in [3.05, 3.63) is 47.4 Å². The van der Waals surface area contributed by atoms with Gasteiger partial charge in [0.15, 0.2) is 5.82 Å². The highest BCUT2D eigenvalue weighted by Gasteiger charge is 2.54. The molecule has 3 atom stereocenters. The summed E-state index contributed by atoms with van der Waals surface area (Å²) in [6.07, 6.45) is 15.8. The van der Waals surface area contributed by atoms with E-state index in [1.807, 2.05) is 11.6 Å². The third kappa shape index (κ3) is 4.59. The molecule has 0 N–H and O–H groups in total. The van der Waals surface area contributed by atoms with E-state index in [4.69, 9.17) is 11.6 Å². The largest absolute Gasteiger partial charge is 0.378 e. The number of hydrogen-bond acceptors (Lipinski definition) is 6. The van der Waals surface area contributed by atoms with Gasteiger partial charge in [0.25, 0.3) is 0 Å². The van der Waals surface area contributed by atoms with Crippen molar-refractivity contribution in [1.82, 2.24) is 29.6 Å². The molecule has 1 saturated carbocycles. The number of halogens is 1. The van der Waals surface area contributed by atoms with Gasteiger partial charge in [-0.3, -0.25) is 0 Å². The monoisotopic (exact) mass is 481 g/mol. The van der Waals surface area contributed by atoms with E-state index in [2.05, 4.69) is 63.0 Å². The lowest BCUT2D eigenvalue weighted by atomic mass is 9.81. The molecule has 7 nitrogen and oxygen atoms in total. The Hall–Kier alpha value is -2.41. The second-order valence-electron chi connectivity index (χ2n) is 10.7. The Kier molecular flexibility index (Phi) is 6.40. The van der Waals surface area contributed by atoms with Gasteiger partial charge < -0.3 is 14.4 Å². The van der Waals surface area contributed by atoms with Gasteiger partial charge in [0, 0.05) is 45.3 Å². The van der Waals surface area contributed by atoms with Crippen LogP contribution >= 0.6 is 11.6 Å². The molecule has 2 aromatic heterocycles. The van der Waals surface area contributed by atoms with E-state index < -0.39 is 0 Å². The summed E-state index contributed by atoms with van der Waals surface area (Å²) in [4.78, 5) is 13.6. The minimum absolute atomic E-state index is 0.492. The van der Waals surface area contributed by atoms with Crippen molar-refractivity contribution in [2.45, 2.75) is 46.0 Å². The maximum Gasteiger partial charge on any atom is 0.225 e. The van der Waals surface area contributed by atoms with E-state index in [0.29, 0.717) is 16.4 Å². The van der Waals surface area contributed by atoms with Gasteiger partial charge in [0.2, 0.25) is 5.95 Å². The number of piperidine rings is 1. The van der Waals surface area contributed by atoms with Crippen molar-refractivity contribution >= 4 is 23.1 Å². The number of nitrogens with zero attached hydrogens (tertiary/aromatic N) is 7. The fourth-order valence-corrected chi connectivity index (χ4v) is 6.28. The number of aryl methyl sites for hydroxylation is 1. The molecule has 8 heteroatoms. The maximum absolute atomic E-state index is 5.94. The Morgan fingerprint density at radius 3 is 2.56 bits per heavy atom. The fraction of sp³-hybridized carbons (Fsp3) is 0.615. The van der Waals surface area contributed by atoms with Crippen molar-refractivity contribution in [2.24, 2.45) is 30.2 Å². The van der Waals surface area contributed by atoms with E-state index in [1.165, 1.54) is 37.0 Å². The Morgan fingerprint density at radius 2 is 1.91 bits per heavy atom. The Bertz CT molecular complexity index is 1070. The van der Waals surface area contributed by atoms with Gasteiger partial charge in [-0.1, -0.05) is 31.5 Å². The van der Waals surface area contributed by atoms with Crippen molar-refractivity contribution in [1.29, 1.82) is 0 Å². The molecular formula is C26H36ClN7. The number of allylic oxidation sites excluding steroid dienone is 4. The Balaban J connectivity index is 1.12. The molecule has 2 aliphatic carbocycles. The van der Waals surface area contributed by atoms with Gasteiger partial charge in [-0.15, -0.1) is 10.2 Å². The van der Waals surface area contributed by atoms with Crippen LogP contribution in [0.1, 0.15) is 51.8 Å². The van der Waals surface area contributed by atoms with Crippen molar-refractivity contribution in [2.75, 3.05) is 31.6 Å². The first kappa shape index (κ1) is 23.3. The molecular weight excluding hydrogens is 446 g/mol. The number of anilines is 1. The summed E-state index contributed by atoms with van der Waals surface area (Å²) in [6.45, 7) is 8.06. The predicted molar refractivity (Wildman–Crippen MR) is 136 cm³/mol. The quantitative estimate of drug-likeness (QED) is 0.564. The molecule has 2 fully saturated rings. The van der Waals surface area contributed by atoms with Gasteiger partial charge >= 0.3 is 0 Å². The van der Waals surface area contributed by atoms with Gasteiger partial charge in [0.1, 0.15) is 6.33 Å². The first-order valence-electron chi connectivity index (χ1n) is 12.5. The maximum atomic E-state index is 5.94. The third-order valence-corrected chi connectivity index (χ3v) is 8.71. The lowest BCUT2D eigenvalue weighted by molar-refractivity contribution is 0.239. The normalized spacial score (nSPS) is 27.4. The molecule has 3 heterocycles. The topological polar surface area (TPSA) is 63.0 Å². The Labute approximate surface area is 207 Å². The first-order valence-corrected chi connectivity index (χ1v) is 12.9. The van der Waals surface area contributed by atoms with Gasteiger partial charge in [0.05, 0.1) is 17.4 Å². The molecule has 1 aliphatic heterocycles. The first-order chi connectivity index (χ1) is 16.3. The second-order valence-corrected chi connectivity index (χ2v) is 11.2. The standard InChI is InChI=1S/C26H36ClN7/c1-18-13-19(24-31-30-17-33(24)4)5-6-23(18)32(3)10-7-21-14-26(21,2)20-8-11-34(12-9-20)25-28-15-22(27)16-29-25/h5-6,15-18,20-21H,7-14H2,1-4H3. The fourth-order valence-electron chi connectivity index (χ4n) is 6.19. The van der Waals surface area contributed by atoms with Crippen LogP contribution in [0.15, 0.2) is 36.6 Å². The number of rotatable bonds is 7. The molecule has 0 spiro atoms. The summed E-state index contributed by atoms with van der Waals surface area (Å²) >= 11 is 5.94. The van der Waals surface area contributed by atoms with Crippen LogP contribution in [0.4, 0.5) is 5.95 Å².